The van der Waals surface area contributed by atoms with Crippen LogP contribution in [0.3, 0.4) is 0 Å². The highest BCUT2D eigenvalue weighted by Crippen LogP contribution is 2.61. The molecule has 1 heteroatoms. The van der Waals surface area contributed by atoms with Gasteiger partial charge in [-0.1, -0.05) is 30.7 Å². The molecule has 0 bridgehead atoms. The summed E-state index contributed by atoms with van der Waals surface area (Å²) in [5.41, 5.74) is 2.80. The third-order valence-corrected chi connectivity index (χ3v) is 7.04. The van der Waals surface area contributed by atoms with Crippen molar-refractivity contribution in [1.82, 2.24) is 0 Å². The van der Waals surface area contributed by atoms with Crippen molar-refractivity contribution < 1.29 is 0 Å². The van der Waals surface area contributed by atoms with Gasteiger partial charge in [0.25, 0.3) is 0 Å². The Morgan fingerprint density at radius 3 is 2.73 bits per heavy atom. The van der Waals surface area contributed by atoms with E-state index in [1.54, 1.807) is 0 Å². The topological polar surface area (TPSA) is 4.36 Å². The molecule has 0 N–H and O–H groups in total. The van der Waals surface area contributed by atoms with Gasteiger partial charge in [0.1, 0.15) is 0 Å². The van der Waals surface area contributed by atoms with Gasteiger partial charge < -0.3 is 4.85 Å². The smallest absolute Gasteiger partial charge is 0.233 e. The zero-order valence-corrected chi connectivity index (χ0v) is 14.7. The van der Waals surface area contributed by atoms with Crippen molar-refractivity contribution in [3.63, 3.8) is 0 Å². The van der Waals surface area contributed by atoms with E-state index in [1.807, 2.05) is 0 Å². The SMILES string of the molecule is [C-]#[N+][C@]1(C)CC[C@@H]2[C@@H]3[C@H](C(=C)CC[C@H]31)[C@H](C=C(C)C)C[C@H]2C. The van der Waals surface area contributed by atoms with E-state index >= 15 is 0 Å². The minimum atomic E-state index is -0.118. The molecule has 1 nitrogen and oxygen atoms in total. The van der Waals surface area contributed by atoms with Crippen LogP contribution in [0, 0.1) is 42.1 Å². The molecule has 0 aromatic rings. The second kappa shape index (κ2) is 5.55. The van der Waals surface area contributed by atoms with E-state index in [0.717, 1.165) is 24.7 Å². The standard InChI is InChI=1S/C21H31N/c1-13(2)11-16-12-15(4)17-9-10-21(5,22-6)18-8-7-14(3)19(16)20(17)18/h11,15-20H,3,7-10,12H2,1-2,4-5H3/t15-,16-,17+,18-,19-,20+,21-/m1/s1. The molecule has 0 spiro atoms. The summed E-state index contributed by atoms with van der Waals surface area (Å²) >= 11 is 0. The monoisotopic (exact) mass is 297 g/mol. The van der Waals surface area contributed by atoms with Crippen molar-refractivity contribution in [2.45, 2.75) is 65.3 Å². The average molecular weight is 297 g/mol. The fraction of sp³-hybridized carbons (Fsp3) is 0.762. The highest BCUT2D eigenvalue weighted by molar-refractivity contribution is 5.22. The van der Waals surface area contributed by atoms with Crippen LogP contribution in [0.15, 0.2) is 23.8 Å². The maximum atomic E-state index is 7.78. The highest BCUT2D eigenvalue weighted by atomic mass is 14.8. The quantitative estimate of drug-likeness (QED) is 0.419. The van der Waals surface area contributed by atoms with Crippen LogP contribution in [0.1, 0.15) is 59.8 Å². The summed E-state index contributed by atoms with van der Waals surface area (Å²) in [6, 6.07) is 0. The molecule has 3 fully saturated rings. The first-order valence-electron chi connectivity index (χ1n) is 9.08. The van der Waals surface area contributed by atoms with Crippen LogP contribution < -0.4 is 0 Å². The lowest BCUT2D eigenvalue weighted by Gasteiger charge is -2.57. The number of hydrogen-bond donors (Lipinski definition) is 0. The Bertz CT molecular complexity index is 533. The Morgan fingerprint density at radius 2 is 2.09 bits per heavy atom. The molecular weight excluding hydrogens is 266 g/mol. The largest absolute Gasteiger partial charge is 0.310 e. The molecule has 3 aliphatic rings. The van der Waals surface area contributed by atoms with Gasteiger partial charge in [-0.3, -0.25) is 0 Å². The molecule has 0 unspecified atom stereocenters. The molecule has 3 saturated carbocycles. The first-order valence-corrected chi connectivity index (χ1v) is 9.08. The molecule has 3 rings (SSSR count). The summed E-state index contributed by atoms with van der Waals surface area (Å²) in [6.45, 7) is 21.4. The minimum Gasteiger partial charge on any atom is -0.310 e. The van der Waals surface area contributed by atoms with Crippen molar-refractivity contribution in [2.24, 2.45) is 35.5 Å². The molecule has 0 aromatic heterocycles. The number of hydrogen-bond acceptors (Lipinski definition) is 0. The second-order valence-electron chi connectivity index (χ2n) is 8.70. The van der Waals surface area contributed by atoms with Gasteiger partial charge in [0.05, 0.1) is 0 Å². The normalized spacial score (nSPS) is 47.3. The number of allylic oxidation sites excluding steroid dienone is 3. The van der Waals surface area contributed by atoms with E-state index < -0.39 is 0 Å². The van der Waals surface area contributed by atoms with Gasteiger partial charge in [-0.05, 0) is 69.1 Å². The van der Waals surface area contributed by atoms with Crippen molar-refractivity contribution in [3.05, 3.63) is 35.2 Å². The summed E-state index contributed by atoms with van der Waals surface area (Å²) in [5, 5.41) is 0. The minimum absolute atomic E-state index is 0.118. The van der Waals surface area contributed by atoms with Gasteiger partial charge in [0.2, 0.25) is 5.54 Å². The van der Waals surface area contributed by atoms with Crippen molar-refractivity contribution in [1.29, 1.82) is 0 Å². The van der Waals surface area contributed by atoms with Crippen LogP contribution in [-0.4, -0.2) is 5.54 Å². The van der Waals surface area contributed by atoms with E-state index in [0.29, 0.717) is 23.7 Å². The zero-order chi connectivity index (χ0) is 16.1. The molecule has 0 radical (unpaired) electrons. The van der Waals surface area contributed by atoms with Crippen LogP contribution >= 0.6 is 0 Å². The van der Waals surface area contributed by atoms with Gasteiger partial charge >= 0.3 is 0 Å². The summed E-state index contributed by atoms with van der Waals surface area (Å²) in [7, 11) is 0. The highest BCUT2D eigenvalue weighted by Gasteiger charge is 2.59. The van der Waals surface area contributed by atoms with E-state index in [-0.39, 0.29) is 5.54 Å². The summed E-state index contributed by atoms with van der Waals surface area (Å²) in [6.07, 6.45) is 8.53. The Morgan fingerprint density at radius 1 is 1.36 bits per heavy atom. The number of rotatable bonds is 1. The predicted octanol–water partition coefficient (Wildman–Crippen LogP) is 5.90. The van der Waals surface area contributed by atoms with Crippen LogP contribution in [0.4, 0.5) is 0 Å². The van der Waals surface area contributed by atoms with Crippen LogP contribution in [0.5, 0.6) is 0 Å². The van der Waals surface area contributed by atoms with Crippen molar-refractivity contribution in [2.75, 3.05) is 0 Å². The Kier molecular flexibility index (Phi) is 4.00. The maximum Gasteiger partial charge on any atom is 0.233 e. The lowest BCUT2D eigenvalue weighted by atomic mass is 9.46. The van der Waals surface area contributed by atoms with E-state index in [9.17, 15) is 0 Å². The fourth-order valence-electron chi connectivity index (χ4n) is 6.09. The van der Waals surface area contributed by atoms with E-state index in [1.165, 1.54) is 30.4 Å². The van der Waals surface area contributed by atoms with Crippen molar-refractivity contribution >= 4 is 0 Å². The van der Waals surface area contributed by atoms with Gasteiger partial charge in [-0.2, -0.15) is 0 Å². The third kappa shape index (κ3) is 2.36. The maximum absolute atomic E-state index is 7.78. The van der Waals surface area contributed by atoms with Gasteiger partial charge in [0.15, 0.2) is 0 Å². The molecule has 3 aliphatic carbocycles. The first-order chi connectivity index (χ1) is 10.4. The molecule has 0 aliphatic heterocycles. The summed E-state index contributed by atoms with van der Waals surface area (Å²) in [5.74, 6) is 4.21. The molecule has 120 valence electrons. The van der Waals surface area contributed by atoms with Crippen LogP contribution in [0.2, 0.25) is 0 Å². The molecule has 7 atom stereocenters. The Labute approximate surface area is 136 Å². The van der Waals surface area contributed by atoms with Gasteiger partial charge in [-0.15, -0.1) is 0 Å². The van der Waals surface area contributed by atoms with Gasteiger partial charge in [0, 0.05) is 19.3 Å². The lowest BCUT2D eigenvalue weighted by molar-refractivity contribution is -0.0389. The Hall–Kier alpha value is -1.03. The van der Waals surface area contributed by atoms with Gasteiger partial charge in [-0.25, -0.2) is 6.57 Å². The third-order valence-electron chi connectivity index (χ3n) is 7.04. The molecule has 0 aromatic carbocycles. The average Bonchev–Trinajstić information content (AvgIpc) is 2.45. The summed E-state index contributed by atoms with van der Waals surface area (Å²) < 4.78 is 0. The molecular formula is C21H31N. The van der Waals surface area contributed by atoms with E-state index in [4.69, 9.17) is 6.57 Å². The van der Waals surface area contributed by atoms with Crippen LogP contribution in [0.25, 0.3) is 4.85 Å². The number of nitrogens with zero attached hydrogens (tertiary/aromatic N) is 1. The van der Waals surface area contributed by atoms with Crippen LogP contribution in [-0.2, 0) is 0 Å². The molecule has 22 heavy (non-hydrogen) atoms. The Balaban J connectivity index is 2.02. The lowest BCUT2D eigenvalue weighted by Crippen LogP contribution is -2.54. The van der Waals surface area contributed by atoms with E-state index in [2.05, 4.69) is 45.2 Å². The first kappa shape index (κ1) is 15.9. The summed E-state index contributed by atoms with van der Waals surface area (Å²) in [4.78, 5) is 4.13. The molecule has 0 amide bonds. The zero-order valence-electron chi connectivity index (χ0n) is 14.7. The van der Waals surface area contributed by atoms with Crippen molar-refractivity contribution in [3.8, 4) is 0 Å². The molecule has 0 saturated heterocycles. The predicted molar refractivity (Wildman–Crippen MR) is 93.3 cm³/mol. The molecule has 0 heterocycles. The second-order valence-corrected chi connectivity index (χ2v) is 8.70. The fourth-order valence-corrected chi connectivity index (χ4v) is 6.09.